The van der Waals surface area contributed by atoms with E-state index in [1.807, 2.05) is 0 Å². The van der Waals surface area contributed by atoms with Gasteiger partial charge in [-0.2, -0.15) is 49.0 Å². The number of rotatable bonds is 7. The van der Waals surface area contributed by atoms with Crippen molar-refractivity contribution >= 4 is 29.2 Å². The highest BCUT2D eigenvalue weighted by molar-refractivity contribution is 6.34. The van der Waals surface area contributed by atoms with Crippen LogP contribution in [0, 0.1) is 0 Å². The van der Waals surface area contributed by atoms with Gasteiger partial charge >= 0.3 is 30.2 Å². The van der Waals surface area contributed by atoms with E-state index in [0.717, 1.165) is 24.3 Å². The zero-order valence-electron chi connectivity index (χ0n) is 18.6. The smallest absolute Gasteiger partial charge is 0.459 e. The fourth-order valence-electron chi connectivity index (χ4n) is 3.26. The van der Waals surface area contributed by atoms with E-state index < -0.39 is 59.4 Å². The minimum absolute atomic E-state index is 0.0202. The van der Waals surface area contributed by atoms with Gasteiger partial charge in [-0.1, -0.05) is 29.8 Å². The molecular weight excluding hydrogens is 580 g/mol. The molecule has 0 bridgehead atoms. The predicted octanol–water partition coefficient (Wildman–Crippen LogP) is 6.84. The van der Waals surface area contributed by atoms with Crippen molar-refractivity contribution < 1.29 is 58.6 Å². The van der Waals surface area contributed by atoms with E-state index in [9.17, 15) is 58.6 Å². The Morgan fingerprint density at radius 2 is 1.44 bits per heavy atom. The molecule has 6 nitrogen and oxygen atoms in total. The lowest BCUT2D eigenvalue weighted by Gasteiger charge is -2.23. The van der Waals surface area contributed by atoms with E-state index in [1.54, 1.807) is 0 Å². The Balaban J connectivity index is 1.90. The highest BCUT2D eigenvalue weighted by atomic mass is 35.5. The number of carboxylic acids is 1. The molecule has 2 N–H and O–H groups in total. The highest BCUT2D eigenvalue weighted by Crippen LogP contribution is 2.51. The van der Waals surface area contributed by atoms with Crippen molar-refractivity contribution in [3.05, 3.63) is 81.6 Å². The van der Waals surface area contributed by atoms with E-state index in [-0.39, 0.29) is 32.7 Å². The standard InChI is InChI=1S/C22H12ClF10N3O3/c23-14-3-1-2-12(15(14)18(38)39)17(37)34-11-6-4-10(5-7-11)8-36-9-13(19(24,25)21(28,29)30)16(35-36)20(26,27)22(31,32)33/h1-7,9H,8H2,(H,34,37)(H,38,39). The third-order valence-corrected chi connectivity index (χ3v) is 5.45. The number of nitrogens with zero attached hydrogens (tertiary/aromatic N) is 2. The Kier molecular flexibility index (Phi) is 7.66. The maximum Gasteiger partial charge on any atom is 0.459 e. The van der Waals surface area contributed by atoms with Crippen LogP contribution in [0.3, 0.4) is 0 Å². The number of aromatic nitrogens is 2. The summed E-state index contributed by atoms with van der Waals surface area (Å²) in [6.07, 6.45) is -13.3. The maximum absolute atomic E-state index is 13.8. The summed E-state index contributed by atoms with van der Waals surface area (Å²) in [7, 11) is 0. The number of anilines is 1. The molecule has 17 heteroatoms. The second-order valence-corrected chi connectivity index (χ2v) is 8.26. The van der Waals surface area contributed by atoms with Crippen molar-refractivity contribution in [1.82, 2.24) is 9.78 Å². The number of alkyl halides is 10. The largest absolute Gasteiger partial charge is 0.478 e. The zero-order valence-corrected chi connectivity index (χ0v) is 19.4. The maximum atomic E-state index is 13.8. The molecule has 0 radical (unpaired) electrons. The number of benzene rings is 2. The van der Waals surface area contributed by atoms with Gasteiger partial charge in [0.05, 0.1) is 28.3 Å². The van der Waals surface area contributed by atoms with Crippen molar-refractivity contribution in [2.24, 2.45) is 0 Å². The molecule has 0 atom stereocenters. The van der Waals surface area contributed by atoms with Gasteiger partial charge in [0.2, 0.25) is 0 Å². The molecule has 0 saturated heterocycles. The number of amides is 1. The summed E-state index contributed by atoms with van der Waals surface area (Å²) < 4.78 is 132. The molecule has 2 aromatic carbocycles. The molecule has 1 heterocycles. The SMILES string of the molecule is O=C(Nc1ccc(Cn2cc(C(F)(F)C(F)(F)F)c(C(F)(F)C(F)(F)F)n2)cc1)c1cccc(Cl)c1C(=O)O. The summed E-state index contributed by atoms with van der Waals surface area (Å²) in [6, 6.07) is 8.25. The molecule has 0 unspecified atom stereocenters. The summed E-state index contributed by atoms with van der Waals surface area (Å²) in [5.41, 5.74) is -6.28. The van der Waals surface area contributed by atoms with Crippen molar-refractivity contribution in [1.29, 1.82) is 0 Å². The third kappa shape index (κ3) is 5.79. The topological polar surface area (TPSA) is 84.2 Å². The minimum atomic E-state index is -6.52. The van der Waals surface area contributed by atoms with Crippen LogP contribution in [0.25, 0.3) is 0 Å². The lowest BCUT2D eigenvalue weighted by Crippen LogP contribution is -2.40. The van der Waals surface area contributed by atoms with Crippen LogP contribution in [0.15, 0.2) is 48.7 Å². The van der Waals surface area contributed by atoms with Gasteiger partial charge in [0.25, 0.3) is 5.91 Å². The van der Waals surface area contributed by atoms with E-state index in [1.165, 1.54) is 18.2 Å². The molecular formula is C22H12ClF10N3O3. The predicted molar refractivity (Wildman–Crippen MR) is 114 cm³/mol. The number of carboxylic acid groups (broad SMARTS) is 1. The first-order valence-electron chi connectivity index (χ1n) is 10.2. The van der Waals surface area contributed by atoms with Gasteiger partial charge in [-0.15, -0.1) is 0 Å². The Morgan fingerprint density at radius 3 is 1.95 bits per heavy atom. The lowest BCUT2D eigenvalue weighted by molar-refractivity contribution is -0.302. The van der Waals surface area contributed by atoms with Crippen molar-refractivity contribution in [2.45, 2.75) is 30.7 Å². The van der Waals surface area contributed by atoms with Crippen LogP contribution in [-0.2, 0) is 18.4 Å². The summed E-state index contributed by atoms with van der Waals surface area (Å²) in [5.74, 6) is -14.6. The molecule has 0 spiro atoms. The van der Waals surface area contributed by atoms with Crippen LogP contribution in [0.1, 0.15) is 37.5 Å². The van der Waals surface area contributed by atoms with Crippen LogP contribution < -0.4 is 5.32 Å². The van der Waals surface area contributed by atoms with Crippen LogP contribution in [0.4, 0.5) is 49.6 Å². The number of aromatic carboxylic acids is 1. The first-order chi connectivity index (χ1) is 17.8. The molecule has 3 aromatic rings. The minimum Gasteiger partial charge on any atom is -0.478 e. The van der Waals surface area contributed by atoms with Crippen molar-refractivity contribution in [3.8, 4) is 0 Å². The van der Waals surface area contributed by atoms with E-state index >= 15 is 0 Å². The van der Waals surface area contributed by atoms with Crippen molar-refractivity contribution in [3.63, 3.8) is 0 Å². The van der Waals surface area contributed by atoms with E-state index in [4.69, 9.17) is 11.6 Å². The monoisotopic (exact) mass is 591 g/mol. The first-order valence-corrected chi connectivity index (χ1v) is 10.5. The average Bonchev–Trinajstić information content (AvgIpc) is 3.23. The molecule has 1 amide bonds. The number of carbonyl (C=O) groups excluding carboxylic acids is 1. The second-order valence-electron chi connectivity index (χ2n) is 7.85. The quantitative estimate of drug-likeness (QED) is 0.295. The van der Waals surface area contributed by atoms with Crippen molar-refractivity contribution in [2.75, 3.05) is 5.32 Å². The van der Waals surface area contributed by atoms with Crippen LogP contribution >= 0.6 is 11.6 Å². The summed E-state index contributed by atoms with van der Waals surface area (Å²) in [6.45, 7) is -0.819. The molecule has 1 aromatic heterocycles. The fourth-order valence-corrected chi connectivity index (χ4v) is 3.52. The van der Waals surface area contributed by atoms with Gasteiger partial charge in [-0.25, -0.2) is 4.79 Å². The fraction of sp³-hybridized carbons (Fsp3) is 0.227. The Hall–Kier alpha value is -3.82. The first kappa shape index (κ1) is 29.7. The van der Waals surface area contributed by atoms with Gasteiger partial charge in [0.15, 0.2) is 5.69 Å². The molecule has 3 rings (SSSR count). The van der Waals surface area contributed by atoms with Crippen LogP contribution in [-0.4, -0.2) is 39.1 Å². The molecule has 210 valence electrons. The van der Waals surface area contributed by atoms with E-state index in [2.05, 4.69) is 10.4 Å². The van der Waals surface area contributed by atoms with Crippen LogP contribution in [0.5, 0.6) is 0 Å². The van der Waals surface area contributed by atoms with Gasteiger partial charge in [0, 0.05) is 11.9 Å². The van der Waals surface area contributed by atoms with Gasteiger partial charge in [-0.05, 0) is 29.8 Å². The molecule has 0 aliphatic rings. The lowest BCUT2D eigenvalue weighted by atomic mass is 10.0. The molecule has 0 saturated carbocycles. The normalized spacial score (nSPS) is 12.9. The number of carbonyl (C=O) groups is 2. The Labute approximate surface area is 215 Å². The Morgan fingerprint density at radius 1 is 0.872 bits per heavy atom. The molecule has 0 fully saturated rings. The number of hydrogen-bond acceptors (Lipinski definition) is 3. The van der Waals surface area contributed by atoms with Gasteiger partial charge in [0.1, 0.15) is 0 Å². The molecule has 0 aliphatic heterocycles. The average molecular weight is 592 g/mol. The molecule has 0 aliphatic carbocycles. The second kappa shape index (κ2) is 10.1. The summed E-state index contributed by atoms with van der Waals surface area (Å²) in [5, 5.41) is 14.1. The number of nitrogens with one attached hydrogen (secondary N) is 1. The number of hydrogen-bond donors (Lipinski definition) is 2. The van der Waals surface area contributed by atoms with Gasteiger partial charge in [-0.3, -0.25) is 9.48 Å². The van der Waals surface area contributed by atoms with Gasteiger partial charge < -0.3 is 10.4 Å². The number of halogens is 11. The highest BCUT2D eigenvalue weighted by Gasteiger charge is 2.67. The van der Waals surface area contributed by atoms with Crippen LogP contribution in [0.2, 0.25) is 5.02 Å². The summed E-state index contributed by atoms with van der Waals surface area (Å²) >= 11 is 5.80. The zero-order chi connectivity index (χ0) is 29.6. The Bertz CT molecular complexity index is 1360. The summed E-state index contributed by atoms with van der Waals surface area (Å²) in [4.78, 5) is 23.9. The van der Waals surface area contributed by atoms with E-state index in [0.29, 0.717) is 0 Å². The molecule has 39 heavy (non-hydrogen) atoms. The third-order valence-electron chi connectivity index (χ3n) is 5.14.